The van der Waals surface area contributed by atoms with Crippen molar-refractivity contribution in [1.29, 1.82) is 0 Å². The topological polar surface area (TPSA) is 76.0 Å². The van der Waals surface area contributed by atoms with Crippen LogP contribution in [0.15, 0.2) is 6.20 Å². The highest BCUT2D eigenvalue weighted by Crippen LogP contribution is 2.15. The van der Waals surface area contributed by atoms with Crippen molar-refractivity contribution in [2.75, 3.05) is 18.2 Å². The van der Waals surface area contributed by atoms with Crippen molar-refractivity contribution < 1.29 is 8.42 Å². The van der Waals surface area contributed by atoms with Crippen LogP contribution in [0.25, 0.3) is 0 Å². The highest BCUT2D eigenvalue weighted by Gasteiger charge is 2.16. The molecule has 1 aromatic heterocycles. The summed E-state index contributed by atoms with van der Waals surface area (Å²) in [6, 6.07) is 0. The maximum atomic E-state index is 11.1. The van der Waals surface area contributed by atoms with E-state index >= 15 is 0 Å². The van der Waals surface area contributed by atoms with Gasteiger partial charge in [-0.25, -0.2) is 8.42 Å². The maximum absolute atomic E-state index is 11.1. The van der Waals surface area contributed by atoms with Crippen molar-refractivity contribution in [3.05, 3.63) is 11.8 Å². The first-order valence-corrected chi connectivity index (χ1v) is 5.66. The molecule has 0 unspecified atom stereocenters. The quantitative estimate of drug-likeness (QED) is 0.621. The third kappa shape index (κ3) is 1.52. The lowest BCUT2D eigenvalue weighted by Gasteiger charge is -2.12. The average molecular weight is 202 g/mol. The third-order valence-electron chi connectivity index (χ3n) is 1.81. The second-order valence-corrected chi connectivity index (χ2v) is 4.76. The van der Waals surface area contributed by atoms with Crippen LogP contribution in [-0.2, 0) is 16.6 Å². The zero-order valence-corrected chi connectivity index (χ0v) is 7.93. The lowest BCUT2D eigenvalue weighted by atomic mass is 10.3. The Balaban J connectivity index is 2.47. The fourth-order valence-electron chi connectivity index (χ4n) is 1.18. The van der Waals surface area contributed by atoms with E-state index in [0.717, 1.165) is 15.9 Å². The molecule has 7 heteroatoms. The molecule has 13 heavy (non-hydrogen) atoms. The lowest BCUT2D eigenvalue weighted by Crippen LogP contribution is -2.26. The van der Waals surface area contributed by atoms with Crippen LogP contribution in [-0.4, -0.2) is 30.5 Å². The van der Waals surface area contributed by atoms with Gasteiger partial charge in [-0.05, 0) is 0 Å². The van der Waals surface area contributed by atoms with E-state index in [2.05, 4.69) is 15.7 Å². The van der Waals surface area contributed by atoms with E-state index in [-0.39, 0.29) is 0 Å². The number of fused-ring (bicyclic) bond motifs is 1. The fourth-order valence-corrected chi connectivity index (χ4v) is 1.73. The number of rotatable bonds is 1. The molecule has 0 saturated heterocycles. The Morgan fingerprint density at radius 2 is 2.38 bits per heavy atom. The van der Waals surface area contributed by atoms with Gasteiger partial charge in [0.05, 0.1) is 12.9 Å². The van der Waals surface area contributed by atoms with Gasteiger partial charge in [0.1, 0.15) is 0 Å². The molecular formula is C6H10N4O2S. The highest BCUT2D eigenvalue weighted by atomic mass is 32.2. The summed E-state index contributed by atoms with van der Waals surface area (Å²) in [6.45, 7) is 1.27. The zero-order valence-electron chi connectivity index (χ0n) is 7.11. The molecule has 0 bridgehead atoms. The summed E-state index contributed by atoms with van der Waals surface area (Å²) in [4.78, 5) is 0. The Morgan fingerprint density at radius 1 is 1.62 bits per heavy atom. The molecule has 0 saturated carbocycles. The smallest absolute Gasteiger partial charge is 0.250 e. The predicted molar refractivity (Wildman–Crippen MR) is 47.8 cm³/mol. The van der Waals surface area contributed by atoms with E-state index < -0.39 is 10.0 Å². The first-order chi connectivity index (χ1) is 6.07. The third-order valence-corrected chi connectivity index (χ3v) is 2.67. The molecule has 1 aliphatic heterocycles. The second kappa shape index (κ2) is 2.71. The van der Waals surface area contributed by atoms with Crippen molar-refractivity contribution >= 4 is 15.8 Å². The number of aromatic nitrogens is 2. The Morgan fingerprint density at radius 3 is 3.00 bits per heavy atom. The Bertz CT molecular complexity index is 398. The van der Waals surface area contributed by atoms with E-state index in [0.29, 0.717) is 19.0 Å². The molecule has 72 valence electrons. The summed E-state index contributed by atoms with van der Waals surface area (Å²) in [5.74, 6) is 0.643. The van der Waals surface area contributed by atoms with Gasteiger partial charge in [0, 0.05) is 18.3 Å². The molecule has 0 aromatic carbocycles. The average Bonchev–Trinajstić information content (AvgIpc) is 2.45. The van der Waals surface area contributed by atoms with E-state index in [9.17, 15) is 8.42 Å². The summed E-state index contributed by atoms with van der Waals surface area (Å²) in [7, 11) is -3.26. The largest absolute Gasteiger partial charge is 0.356 e. The van der Waals surface area contributed by atoms with Crippen LogP contribution in [0.5, 0.6) is 0 Å². The minimum absolute atomic E-state index is 0.619. The van der Waals surface area contributed by atoms with Crippen molar-refractivity contribution in [3.63, 3.8) is 0 Å². The standard InChI is InChI=1S/C6H10N4O2S/c1-13(11,12)10-3-5-2-7-4-8-6(5)9-10/h3,7H,2,4H2,1H3,(H,8,9). The predicted octanol–water partition coefficient (Wildman–Crippen LogP) is -0.837. The molecule has 6 nitrogen and oxygen atoms in total. The van der Waals surface area contributed by atoms with Gasteiger partial charge in [-0.15, -0.1) is 5.10 Å². The minimum Gasteiger partial charge on any atom is -0.356 e. The van der Waals surface area contributed by atoms with Gasteiger partial charge in [-0.1, -0.05) is 0 Å². The van der Waals surface area contributed by atoms with Gasteiger partial charge >= 0.3 is 0 Å². The molecule has 2 rings (SSSR count). The zero-order chi connectivity index (χ0) is 9.47. The molecule has 1 aromatic rings. The Labute approximate surface area is 76.0 Å². The summed E-state index contributed by atoms with van der Waals surface area (Å²) in [5, 5.41) is 9.89. The molecule has 0 radical (unpaired) electrons. The van der Waals surface area contributed by atoms with Gasteiger partial charge in [0.25, 0.3) is 10.0 Å². The molecule has 1 aliphatic rings. The van der Waals surface area contributed by atoms with E-state index in [4.69, 9.17) is 0 Å². The van der Waals surface area contributed by atoms with E-state index in [1.807, 2.05) is 0 Å². The lowest BCUT2D eigenvalue weighted by molar-refractivity contribution is 0.586. The molecule has 0 fully saturated rings. The highest BCUT2D eigenvalue weighted by molar-refractivity contribution is 7.89. The van der Waals surface area contributed by atoms with Crippen LogP contribution in [0.1, 0.15) is 5.56 Å². The number of anilines is 1. The molecule has 2 heterocycles. The van der Waals surface area contributed by atoms with E-state index in [1.54, 1.807) is 0 Å². The van der Waals surface area contributed by atoms with Crippen LogP contribution >= 0.6 is 0 Å². The van der Waals surface area contributed by atoms with Crippen LogP contribution in [0.4, 0.5) is 5.82 Å². The second-order valence-electron chi connectivity index (χ2n) is 2.92. The number of hydrogen-bond donors (Lipinski definition) is 2. The number of nitrogens with one attached hydrogen (secondary N) is 2. The summed E-state index contributed by atoms with van der Waals surface area (Å²) in [5.41, 5.74) is 0.872. The van der Waals surface area contributed by atoms with Gasteiger partial charge in [0.2, 0.25) is 0 Å². The molecule has 2 N–H and O–H groups in total. The molecule has 0 aliphatic carbocycles. The normalized spacial score (nSPS) is 16.4. The minimum atomic E-state index is -3.26. The first-order valence-electron chi connectivity index (χ1n) is 3.81. The van der Waals surface area contributed by atoms with Gasteiger partial charge in [0.15, 0.2) is 5.82 Å². The van der Waals surface area contributed by atoms with Crippen molar-refractivity contribution in [1.82, 2.24) is 14.5 Å². The van der Waals surface area contributed by atoms with Gasteiger partial charge in [-0.3, -0.25) is 5.32 Å². The van der Waals surface area contributed by atoms with Crippen molar-refractivity contribution in [3.8, 4) is 0 Å². The van der Waals surface area contributed by atoms with Gasteiger partial charge in [-0.2, -0.15) is 4.09 Å². The van der Waals surface area contributed by atoms with Crippen LogP contribution in [0.3, 0.4) is 0 Å². The van der Waals surface area contributed by atoms with Crippen LogP contribution in [0.2, 0.25) is 0 Å². The summed E-state index contributed by atoms with van der Waals surface area (Å²) < 4.78 is 23.2. The molecule has 0 atom stereocenters. The molecule has 0 amide bonds. The Kier molecular flexibility index (Phi) is 1.77. The van der Waals surface area contributed by atoms with Crippen LogP contribution in [0, 0.1) is 0 Å². The first kappa shape index (κ1) is 8.52. The Hall–Kier alpha value is -1.08. The fraction of sp³-hybridized carbons (Fsp3) is 0.500. The summed E-state index contributed by atoms with van der Waals surface area (Å²) in [6.07, 6.45) is 2.64. The SMILES string of the molecule is CS(=O)(=O)n1cc2c(n1)NCNC2. The monoisotopic (exact) mass is 202 g/mol. The van der Waals surface area contributed by atoms with Crippen LogP contribution < -0.4 is 10.6 Å². The number of hydrogen-bond acceptors (Lipinski definition) is 5. The van der Waals surface area contributed by atoms with E-state index in [1.165, 1.54) is 6.20 Å². The number of nitrogens with zero attached hydrogens (tertiary/aromatic N) is 2. The molecular weight excluding hydrogens is 192 g/mol. The van der Waals surface area contributed by atoms with Gasteiger partial charge < -0.3 is 5.32 Å². The maximum Gasteiger partial charge on any atom is 0.250 e. The summed E-state index contributed by atoms with van der Waals surface area (Å²) >= 11 is 0. The molecule has 0 spiro atoms. The van der Waals surface area contributed by atoms with Crippen molar-refractivity contribution in [2.45, 2.75) is 6.54 Å². The van der Waals surface area contributed by atoms with Crippen molar-refractivity contribution in [2.24, 2.45) is 0 Å².